The summed E-state index contributed by atoms with van der Waals surface area (Å²) < 4.78 is 0. The van der Waals surface area contributed by atoms with Crippen LogP contribution in [0.3, 0.4) is 0 Å². The number of hydrogen-bond acceptors (Lipinski definition) is 0. The van der Waals surface area contributed by atoms with Crippen LogP contribution in [0, 0.1) is 59.3 Å². The van der Waals surface area contributed by atoms with E-state index in [1.807, 2.05) is 6.08 Å². The number of allylic oxidation sites excluding steroid dienone is 7. The van der Waals surface area contributed by atoms with Crippen molar-refractivity contribution in [3.63, 3.8) is 0 Å². The van der Waals surface area contributed by atoms with Crippen LogP contribution in [0.5, 0.6) is 0 Å². The van der Waals surface area contributed by atoms with E-state index in [9.17, 15) is 0 Å². The quantitative estimate of drug-likeness (QED) is 0.301. The van der Waals surface area contributed by atoms with E-state index < -0.39 is 0 Å². The van der Waals surface area contributed by atoms with Crippen molar-refractivity contribution in [3.8, 4) is 0 Å². The molecule has 0 nitrogen and oxygen atoms in total. The molecule has 2 aliphatic rings. The van der Waals surface area contributed by atoms with E-state index in [1.165, 1.54) is 23.3 Å². The van der Waals surface area contributed by atoms with Gasteiger partial charge < -0.3 is 6.08 Å². The van der Waals surface area contributed by atoms with Gasteiger partial charge in [-0.05, 0) is 19.3 Å². The van der Waals surface area contributed by atoms with Gasteiger partial charge >= 0.3 is 19.5 Å². The van der Waals surface area contributed by atoms with Crippen LogP contribution in [0.2, 0.25) is 0 Å². The second-order valence-corrected chi connectivity index (χ2v) is 10.0. The second kappa shape index (κ2) is 10.3. The van der Waals surface area contributed by atoms with Crippen LogP contribution in [0.15, 0.2) is 42.5 Å². The number of fused-ring (bicyclic) bond motifs is 1. The van der Waals surface area contributed by atoms with E-state index in [4.69, 9.17) is 0 Å². The Morgan fingerprint density at radius 1 is 0.889 bits per heavy atom. The maximum atomic E-state index is 3.99. The average Bonchev–Trinajstić information content (AvgIpc) is 2.92. The third-order valence-corrected chi connectivity index (χ3v) is 4.08. The molecule has 0 aromatic heterocycles. The SMILES string of the molecule is C=C[C-](C(=[C-]C(C)(C)C)C(C)(C)C)C(C)(C)C.[CH]1[CH][C]2C=CC=C[C]2[CH]1.[Rh+3]. The van der Waals surface area contributed by atoms with Crippen molar-refractivity contribution in [2.75, 3.05) is 0 Å². The van der Waals surface area contributed by atoms with Gasteiger partial charge in [-0.15, -0.1) is 10.8 Å². The molecule has 0 amide bonds. The summed E-state index contributed by atoms with van der Waals surface area (Å²) in [5.74, 6) is 3.97. The second-order valence-electron chi connectivity index (χ2n) is 10.0. The molecule has 0 spiro atoms. The van der Waals surface area contributed by atoms with E-state index in [2.05, 4.69) is 119 Å². The topological polar surface area (TPSA) is 0 Å². The molecule has 149 valence electrons. The van der Waals surface area contributed by atoms with Gasteiger partial charge in [-0.25, -0.2) is 0 Å². The zero-order chi connectivity index (χ0) is 20.2. The molecule has 0 heterocycles. The molecule has 2 aliphatic carbocycles. The first-order valence-electron chi connectivity index (χ1n) is 9.52. The molecule has 0 bridgehead atoms. The first kappa shape index (κ1) is 26.5. The summed E-state index contributed by atoms with van der Waals surface area (Å²) in [6.45, 7) is 24.0. The largest absolute Gasteiger partial charge is 3.00 e. The van der Waals surface area contributed by atoms with Crippen molar-refractivity contribution in [1.82, 2.24) is 0 Å². The Morgan fingerprint density at radius 2 is 1.33 bits per heavy atom. The molecule has 1 saturated carbocycles. The van der Waals surface area contributed by atoms with Gasteiger partial charge in [-0.2, -0.15) is 0 Å². The standard InChI is InChI=1S/C17H30.C9H7.Rh/c1-11-13(16(5,6)7)14(17(8,9)10)12-15(2,3)4;1-2-5-9-7-3-6-8(9)4-1;/h11H,1H2,2-10H3;1-7H;/q-2;;+3. The van der Waals surface area contributed by atoms with Gasteiger partial charge in [0, 0.05) is 11.8 Å². The minimum atomic E-state index is 0. The molecule has 0 aromatic carbocycles. The molecule has 0 saturated heterocycles. The van der Waals surface area contributed by atoms with Crippen molar-refractivity contribution < 1.29 is 19.5 Å². The zero-order valence-electron chi connectivity index (χ0n) is 18.7. The van der Waals surface area contributed by atoms with Gasteiger partial charge in [0.15, 0.2) is 0 Å². The van der Waals surface area contributed by atoms with Crippen LogP contribution in [-0.2, 0) is 19.5 Å². The fourth-order valence-corrected chi connectivity index (χ4v) is 2.89. The third kappa shape index (κ3) is 8.99. The monoisotopic (exact) mass is 452 g/mol. The molecule has 0 aliphatic heterocycles. The van der Waals surface area contributed by atoms with Gasteiger partial charge in [-0.1, -0.05) is 92.0 Å². The predicted molar refractivity (Wildman–Crippen MR) is 116 cm³/mol. The van der Waals surface area contributed by atoms with E-state index in [0.29, 0.717) is 0 Å². The van der Waals surface area contributed by atoms with Crippen LogP contribution < -0.4 is 0 Å². The molecule has 0 N–H and O–H groups in total. The van der Waals surface area contributed by atoms with Gasteiger partial charge in [-0.3, -0.25) is 24.1 Å². The molecule has 2 rings (SSSR count). The Hall–Kier alpha value is -0.547. The molecular weight excluding hydrogens is 415 g/mol. The van der Waals surface area contributed by atoms with Crippen molar-refractivity contribution in [1.29, 1.82) is 0 Å². The van der Waals surface area contributed by atoms with E-state index in [0.717, 1.165) is 0 Å². The van der Waals surface area contributed by atoms with E-state index in [-0.39, 0.29) is 35.7 Å². The average molecular weight is 452 g/mol. The van der Waals surface area contributed by atoms with Crippen molar-refractivity contribution in [3.05, 3.63) is 85.6 Å². The third-order valence-electron chi connectivity index (χ3n) is 4.08. The molecule has 5 radical (unpaired) electrons. The maximum Gasteiger partial charge on any atom is 3.00 e. The fourth-order valence-electron chi connectivity index (χ4n) is 2.89. The Bertz CT molecular complexity index is 522. The smallest absolute Gasteiger partial charge is 0.348 e. The van der Waals surface area contributed by atoms with Crippen molar-refractivity contribution in [2.24, 2.45) is 16.2 Å². The van der Waals surface area contributed by atoms with Crippen LogP contribution in [0.4, 0.5) is 0 Å². The Labute approximate surface area is 183 Å². The zero-order valence-corrected chi connectivity index (χ0v) is 20.3. The predicted octanol–water partition coefficient (Wildman–Crippen LogP) is 7.50. The van der Waals surface area contributed by atoms with Crippen molar-refractivity contribution in [2.45, 2.75) is 62.3 Å². The Kier molecular flexibility index (Phi) is 10.1. The summed E-state index contributed by atoms with van der Waals surface area (Å²) in [5.41, 5.74) is 1.59. The van der Waals surface area contributed by atoms with Gasteiger partial charge in [0.1, 0.15) is 0 Å². The molecule has 0 atom stereocenters. The van der Waals surface area contributed by atoms with Crippen LogP contribution >= 0.6 is 0 Å². The summed E-state index contributed by atoms with van der Waals surface area (Å²) in [5, 5.41) is 0. The summed E-state index contributed by atoms with van der Waals surface area (Å²) in [4.78, 5) is 0. The maximum absolute atomic E-state index is 3.99. The molecule has 1 heteroatoms. The Balaban J connectivity index is 0.000000560. The summed E-state index contributed by atoms with van der Waals surface area (Å²) in [7, 11) is 0. The molecule has 27 heavy (non-hydrogen) atoms. The summed E-state index contributed by atoms with van der Waals surface area (Å²) in [6, 6.07) is 0. The first-order chi connectivity index (χ1) is 11.8. The van der Waals surface area contributed by atoms with Gasteiger partial charge in [0.05, 0.1) is 0 Å². The van der Waals surface area contributed by atoms with Crippen molar-refractivity contribution >= 4 is 0 Å². The molecule has 1 fully saturated rings. The summed E-state index contributed by atoms with van der Waals surface area (Å²) in [6.07, 6.45) is 20.3. The normalized spacial score (nSPS) is 18.3. The molecule has 0 aromatic rings. The van der Waals surface area contributed by atoms with Gasteiger partial charge in [0.2, 0.25) is 0 Å². The summed E-state index contributed by atoms with van der Waals surface area (Å²) >= 11 is 0. The fraction of sp³-hybridized carbons (Fsp3) is 0.462. The minimum Gasteiger partial charge on any atom is -0.348 e. The van der Waals surface area contributed by atoms with Crippen LogP contribution in [-0.4, -0.2) is 0 Å². The van der Waals surface area contributed by atoms with Crippen LogP contribution in [0.1, 0.15) is 62.3 Å². The molecule has 0 unspecified atom stereocenters. The van der Waals surface area contributed by atoms with E-state index >= 15 is 0 Å². The number of hydrogen-bond donors (Lipinski definition) is 0. The first-order valence-corrected chi connectivity index (χ1v) is 9.52. The molecular formula is C26H37Rh+. The number of rotatable bonds is 2. The van der Waals surface area contributed by atoms with Crippen LogP contribution in [0.25, 0.3) is 0 Å². The Morgan fingerprint density at radius 3 is 1.63 bits per heavy atom. The van der Waals surface area contributed by atoms with Gasteiger partial charge in [0.25, 0.3) is 0 Å². The minimum absolute atomic E-state index is 0. The van der Waals surface area contributed by atoms with E-state index in [1.54, 1.807) is 0 Å².